The van der Waals surface area contributed by atoms with E-state index in [1.807, 2.05) is 5.32 Å². The number of pyridine rings is 1. The summed E-state index contributed by atoms with van der Waals surface area (Å²) in [6.45, 7) is 0.149. The lowest BCUT2D eigenvalue weighted by Gasteiger charge is -2.50. The second-order valence-electron chi connectivity index (χ2n) is 8.79. The number of rotatable bonds is 9. The number of carbonyl (C=O) groups is 4. The molecule has 0 spiro atoms. The molecule has 2 aliphatic heterocycles. The summed E-state index contributed by atoms with van der Waals surface area (Å²) >= 11 is 2.40. The average Bonchev–Trinajstić information content (AvgIpc) is 3.64. The molecule has 0 radical (unpaired) electrons. The lowest BCUT2D eigenvalue weighted by molar-refractivity contribution is -0.689. The van der Waals surface area contributed by atoms with Crippen LogP contribution in [0.1, 0.15) is 16.2 Å². The van der Waals surface area contributed by atoms with Crippen molar-refractivity contribution >= 4 is 57.6 Å². The number of amides is 3. The number of carboxylic acids is 1. The molecule has 0 unspecified atom stereocenters. The first-order chi connectivity index (χ1) is 20.2. The molecule has 0 aliphatic carbocycles. The highest BCUT2D eigenvalue weighted by Gasteiger charge is 2.53. The summed E-state index contributed by atoms with van der Waals surface area (Å²) in [6.07, 6.45) is 4.94. The lowest BCUT2D eigenvalue weighted by Crippen LogP contribution is -2.71. The zero-order valence-electron chi connectivity index (χ0n) is 21.6. The topological polar surface area (TPSA) is 235 Å². The van der Waals surface area contributed by atoms with Crippen molar-refractivity contribution in [1.82, 2.24) is 30.7 Å². The molecule has 214 valence electrons. The Kier molecular flexibility index (Phi) is 7.86. The number of oxime groups is 1. The van der Waals surface area contributed by atoms with Gasteiger partial charge in [0.1, 0.15) is 29.9 Å². The van der Waals surface area contributed by atoms with E-state index >= 15 is 0 Å². The minimum atomic E-state index is -1.51. The van der Waals surface area contributed by atoms with Crippen LogP contribution in [0.25, 0.3) is 11.3 Å². The highest BCUT2D eigenvalue weighted by Crippen LogP contribution is 2.40. The van der Waals surface area contributed by atoms with Crippen LogP contribution >= 0.6 is 23.1 Å². The van der Waals surface area contributed by atoms with Gasteiger partial charge >= 0.3 is 0 Å². The van der Waals surface area contributed by atoms with Crippen molar-refractivity contribution < 1.29 is 33.7 Å². The molecule has 2 atom stereocenters. The Hall–Kier alpha value is -5.28. The normalized spacial score (nSPS) is 18.0. The van der Waals surface area contributed by atoms with Crippen molar-refractivity contribution in [3.05, 3.63) is 58.6 Å². The number of thiazole rings is 1. The van der Waals surface area contributed by atoms with E-state index in [1.165, 1.54) is 30.3 Å². The fraction of sp³-hybridized carbons (Fsp3) is 0.208. The Morgan fingerprint density at radius 1 is 1.38 bits per heavy atom. The first kappa shape index (κ1) is 28.3. The number of nitrogens with one attached hydrogen (secondary N) is 3. The second kappa shape index (κ2) is 11.7. The van der Waals surface area contributed by atoms with E-state index < -0.39 is 35.1 Å². The number of nitrogen functional groups attached to an aromatic ring is 1. The van der Waals surface area contributed by atoms with Gasteiger partial charge in [-0.2, -0.15) is 10.4 Å². The highest BCUT2D eigenvalue weighted by molar-refractivity contribution is 8.00. The third kappa shape index (κ3) is 5.37. The molecule has 3 aromatic rings. The van der Waals surface area contributed by atoms with Crippen LogP contribution in [0.3, 0.4) is 0 Å². The summed E-state index contributed by atoms with van der Waals surface area (Å²) in [5.41, 5.74) is 7.09. The number of aromatic nitrogens is 4. The minimum absolute atomic E-state index is 0.115. The van der Waals surface area contributed by atoms with Gasteiger partial charge in [-0.25, -0.2) is 9.55 Å². The molecule has 0 saturated carbocycles. The predicted octanol–water partition coefficient (Wildman–Crippen LogP) is -1.93. The van der Waals surface area contributed by atoms with Crippen LogP contribution in [0.15, 0.2) is 52.4 Å². The minimum Gasteiger partial charge on any atom is -0.543 e. The number of carbonyl (C=O) groups excluding carboxylic acids is 4. The number of hydrogen-bond donors (Lipinski definition) is 4. The summed E-state index contributed by atoms with van der Waals surface area (Å²) < 4.78 is 1.72. The molecule has 18 heteroatoms. The second-order valence-corrected chi connectivity index (χ2v) is 10.8. The van der Waals surface area contributed by atoms with Crippen LogP contribution in [-0.2, 0) is 25.8 Å². The smallest absolute Gasteiger partial charge is 0.282 e. The average molecular weight is 609 g/mol. The fourth-order valence-corrected chi connectivity index (χ4v) is 6.24. The van der Waals surface area contributed by atoms with Gasteiger partial charge in [-0.1, -0.05) is 5.16 Å². The predicted molar refractivity (Wildman–Crippen MR) is 144 cm³/mol. The Morgan fingerprint density at radius 2 is 2.14 bits per heavy atom. The first-order valence-corrected chi connectivity index (χ1v) is 13.9. The van der Waals surface area contributed by atoms with Gasteiger partial charge in [-0.05, 0) is 6.07 Å². The number of hydrogen-bond acceptors (Lipinski definition) is 13. The van der Waals surface area contributed by atoms with Crippen molar-refractivity contribution in [2.45, 2.75) is 18.0 Å². The zero-order chi connectivity index (χ0) is 30.0. The van der Waals surface area contributed by atoms with Crippen LogP contribution in [0.5, 0.6) is 0 Å². The lowest BCUT2D eigenvalue weighted by atomic mass is 10.0. The molecule has 16 nitrogen and oxygen atoms in total. The van der Waals surface area contributed by atoms with Gasteiger partial charge in [0, 0.05) is 34.4 Å². The molecule has 1 fully saturated rings. The summed E-state index contributed by atoms with van der Waals surface area (Å²) in [5, 5.41) is 36.8. The molecule has 5 N–H and O–H groups in total. The third-order valence-electron chi connectivity index (χ3n) is 6.24. The number of fused-ring (bicyclic) bond motifs is 1. The van der Waals surface area contributed by atoms with E-state index in [0.717, 1.165) is 16.2 Å². The van der Waals surface area contributed by atoms with Gasteiger partial charge in [0.05, 0.1) is 17.4 Å². The zero-order valence-corrected chi connectivity index (χ0v) is 23.2. The monoisotopic (exact) mass is 608 g/mol. The van der Waals surface area contributed by atoms with Gasteiger partial charge in [-0.15, -0.1) is 23.1 Å². The van der Waals surface area contributed by atoms with Crippen molar-refractivity contribution in [1.29, 1.82) is 5.26 Å². The molecule has 3 amide bonds. The largest absolute Gasteiger partial charge is 0.543 e. The number of nitriles is 1. The molecule has 1 saturated heterocycles. The maximum Gasteiger partial charge on any atom is 0.282 e. The number of nitrogens with two attached hydrogens (primary N) is 1. The highest BCUT2D eigenvalue weighted by atomic mass is 32.2. The molecule has 0 bridgehead atoms. The number of β-lactam (4-membered cyclic amide) rings is 1. The van der Waals surface area contributed by atoms with Gasteiger partial charge in [0.25, 0.3) is 17.7 Å². The van der Waals surface area contributed by atoms with Crippen molar-refractivity contribution in [2.75, 3.05) is 18.6 Å². The molecular weight excluding hydrogens is 588 g/mol. The Labute approximate surface area is 244 Å². The Morgan fingerprint density at radius 3 is 2.79 bits per heavy atom. The Bertz CT molecular complexity index is 1690. The number of nitrogens with zero attached hydrogens (tertiary/aromatic N) is 6. The van der Waals surface area contributed by atoms with Crippen molar-refractivity contribution in [2.24, 2.45) is 5.16 Å². The van der Waals surface area contributed by atoms with Gasteiger partial charge in [0.2, 0.25) is 0 Å². The van der Waals surface area contributed by atoms with Crippen molar-refractivity contribution in [3.63, 3.8) is 0 Å². The standard InChI is InChI=1S/C24H20N10O6S2/c1-40-32-16(15-9-42-24(26)28-15)20(36)29-17-21(37)34-18(23(38)39)12(8-41-22(17)34)7-33-4-2-11(3-5-33)13-6-14(31-30-13)19(35)27-10-25/h2-6,9,17,22H,7-8H2,1H3,(H5,26,27,28,29,35,36,38,39)/b32-16-/t17-,22-/m1/s1. The van der Waals surface area contributed by atoms with Crippen LogP contribution < -0.4 is 26.0 Å². The van der Waals surface area contributed by atoms with E-state index in [9.17, 15) is 24.3 Å². The fourth-order valence-electron chi connectivity index (χ4n) is 4.35. The number of aliphatic carboxylic acids is 1. The summed E-state index contributed by atoms with van der Waals surface area (Å²) in [4.78, 5) is 59.8. The molecule has 5 rings (SSSR count). The molecule has 0 aromatic carbocycles. The van der Waals surface area contributed by atoms with Crippen LogP contribution in [0, 0.1) is 11.5 Å². The summed E-state index contributed by atoms with van der Waals surface area (Å²) in [6, 6.07) is 3.92. The van der Waals surface area contributed by atoms with Crippen LogP contribution in [0.4, 0.5) is 5.13 Å². The molecule has 5 heterocycles. The van der Waals surface area contributed by atoms with E-state index in [4.69, 9.17) is 15.8 Å². The SMILES string of the molecule is CO/N=C(\C(=O)N[C@@H]1C(=O)N2C(C(=O)[O-])=C(C[n+]3ccc(-c4cc(C(=O)NC#N)[nH]n4)cc3)CS[C@H]12)c1csc(N)n1. The maximum absolute atomic E-state index is 13.1. The van der Waals surface area contributed by atoms with Gasteiger partial charge in [-0.3, -0.25) is 29.7 Å². The number of H-pyrrole nitrogens is 1. The Balaban J connectivity index is 1.29. The van der Waals surface area contributed by atoms with E-state index in [-0.39, 0.29) is 40.2 Å². The van der Waals surface area contributed by atoms with E-state index in [0.29, 0.717) is 16.8 Å². The first-order valence-electron chi connectivity index (χ1n) is 12.0. The van der Waals surface area contributed by atoms with Gasteiger partial charge < -0.3 is 25.8 Å². The van der Waals surface area contributed by atoms with Crippen LogP contribution in [0.2, 0.25) is 0 Å². The number of anilines is 1. The van der Waals surface area contributed by atoms with E-state index in [1.54, 1.807) is 35.3 Å². The molecule has 3 aromatic heterocycles. The molecule has 2 aliphatic rings. The number of thioether (sulfide) groups is 1. The number of carboxylic acid groups (broad SMARTS) is 1. The molecule has 42 heavy (non-hydrogen) atoms. The van der Waals surface area contributed by atoms with Crippen molar-refractivity contribution in [3.8, 4) is 17.5 Å². The summed E-state index contributed by atoms with van der Waals surface area (Å²) in [7, 11) is 1.26. The maximum atomic E-state index is 13.1. The molecular formula is C24H20N10O6S2. The van der Waals surface area contributed by atoms with Crippen LogP contribution in [-0.4, -0.2) is 73.8 Å². The third-order valence-corrected chi connectivity index (χ3v) is 8.26. The van der Waals surface area contributed by atoms with Gasteiger partial charge in [0.15, 0.2) is 36.0 Å². The number of aromatic amines is 1. The quantitative estimate of drug-likeness (QED) is 0.0521. The summed E-state index contributed by atoms with van der Waals surface area (Å²) in [5.74, 6) is -3.20. The van der Waals surface area contributed by atoms with E-state index in [2.05, 4.69) is 25.7 Å².